The van der Waals surface area contributed by atoms with Gasteiger partial charge in [-0.3, -0.25) is 19.2 Å². The molecule has 3 rings (SSSR count). The van der Waals surface area contributed by atoms with Gasteiger partial charge in [-0.1, -0.05) is 0 Å². The largest absolute Gasteiger partial charge is 0.348 e. The van der Waals surface area contributed by atoms with Crippen LogP contribution in [0, 0.1) is 0 Å². The summed E-state index contributed by atoms with van der Waals surface area (Å²) < 4.78 is 1.90. The van der Waals surface area contributed by atoms with Gasteiger partial charge in [0.1, 0.15) is 6.33 Å². The number of aromatic nitrogens is 4. The Bertz CT molecular complexity index is 654. The second kappa shape index (κ2) is 6.87. The van der Waals surface area contributed by atoms with Gasteiger partial charge in [0.05, 0.1) is 12.2 Å². The van der Waals surface area contributed by atoms with Gasteiger partial charge in [-0.15, -0.1) is 0 Å². The molecular formula is C16H22N6O. The summed E-state index contributed by atoms with van der Waals surface area (Å²) in [5.41, 5.74) is 0.979. The summed E-state index contributed by atoms with van der Waals surface area (Å²) in [4.78, 5) is 28.9. The number of amides is 1. The van der Waals surface area contributed by atoms with Crippen molar-refractivity contribution in [2.24, 2.45) is 0 Å². The smallest absolute Gasteiger partial charge is 0.236 e. The number of hydrogen-bond acceptors (Lipinski definition) is 5. The van der Waals surface area contributed by atoms with Gasteiger partial charge in [-0.05, 0) is 19.4 Å². The molecule has 7 nitrogen and oxygen atoms in total. The van der Waals surface area contributed by atoms with Crippen LogP contribution in [0.2, 0.25) is 0 Å². The van der Waals surface area contributed by atoms with E-state index < -0.39 is 0 Å². The molecule has 0 aliphatic carbocycles. The van der Waals surface area contributed by atoms with Gasteiger partial charge >= 0.3 is 0 Å². The van der Waals surface area contributed by atoms with Crippen molar-refractivity contribution >= 4 is 5.91 Å². The number of carbonyl (C=O) groups is 1. The van der Waals surface area contributed by atoms with Crippen molar-refractivity contribution in [1.82, 2.24) is 29.3 Å². The zero-order valence-electron chi connectivity index (χ0n) is 13.6. The average Bonchev–Trinajstić information content (AvgIpc) is 3.09. The molecule has 3 heterocycles. The van der Waals surface area contributed by atoms with Gasteiger partial charge in [-0.2, -0.15) is 0 Å². The second-order valence-electron chi connectivity index (χ2n) is 6.10. The maximum atomic E-state index is 12.0. The van der Waals surface area contributed by atoms with Gasteiger partial charge in [-0.25, -0.2) is 9.97 Å². The molecule has 0 spiro atoms. The lowest BCUT2D eigenvalue weighted by Gasteiger charge is -2.33. The first-order valence-corrected chi connectivity index (χ1v) is 7.87. The fourth-order valence-electron chi connectivity index (χ4n) is 2.97. The van der Waals surface area contributed by atoms with Crippen molar-refractivity contribution in [3.05, 3.63) is 36.8 Å². The summed E-state index contributed by atoms with van der Waals surface area (Å²) in [7, 11) is 3.59. The third kappa shape index (κ3) is 3.56. The molecule has 7 heteroatoms. The topological polar surface area (TPSA) is 67.2 Å². The van der Waals surface area contributed by atoms with E-state index in [0.29, 0.717) is 6.54 Å². The Balaban J connectivity index is 1.78. The fourth-order valence-corrected chi connectivity index (χ4v) is 2.97. The van der Waals surface area contributed by atoms with Crippen LogP contribution in [-0.4, -0.2) is 69.0 Å². The summed E-state index contributed by atoms with van der Waals surface area (Å²) in [5, 5.41) is 0. The molecule has 1 aliphatic heterocycles. The molecule has 1 aliphatic rings. The van der Waals surface area contributed by atoms with E-state index in [0.717, 1.165) is 37.4 Å². The van der Waals surface area contributed by atoms with Crippen molar-refractivity contribution in [2.75, 3.05) is 33.7 Å². The van der Waals surface area contributed by atoms with E-state index in [-0.39, 0.29) is 11.8 Å². The van der Waals surface area contributed by atoms with Crippen molar-refractivity contribution in [2.45, 2.75) is 18.8 Å². The van der Waals surface area contributed by atoms with Crippen LogP contribution in [0.1, 0.15) is 24.5 Å². The number of rotatable bonds is 4. The number of likely N-dealkylation sites (tertiary alicyclic amines) is 1. The van der Waals surface area contributed by atoms with Crippen LogP contribution < -0.4 is 0 Å². The number of hydrogen-bond donors (Lipinski definition) is 0. The molecule has 1 saturated heterocycles. The summed E-state index contributed by atoms with van der Waals surface area (Å²) in [6, 6.07) is 0. The van der Waals surface area contributed by atoms with Gasteiger partial charge < -0.3 is 4.90 Å². The van der Waals surface area contributed by atoms with Crippen LogP contribution in [-0.2, 0) is 4.79 Å². The molecular weight excluding hydrogens is 292 g/mol. The SMILES string of the molecule is CN(C)C(=O)CN1CCCC(c2nccnc2-n2ccnc2)C1. The van der Waals surface area contributed by atoms with E-state index in [2.05, 4.69) is 19.9 Å². The molecule has 1 fully saturated rings. The molecule has 2 aromatic rings. The summed E-state index contributed by atoms with van der Waals surface area (Å²) >= 11 is 0. The Morgan fingerprint density at radius 1 is 1.30 bits per heavy atom. The molecule has 1 amide bonds. The van der Waals surface area contributed by atoms with E-state index >= 15 is 0 Å². The average molecular weight is 314 g/mol. The minimum atomic E-state index is 0.139. The van der Waals surface area contributed by atoms with Crippen molar-refractivity contribution in [3.63, 3.8) is 0 Å². The van der Waals surface area contributed by atoms with Crippen LogP contribution in [0.3, 0.4) is 0 Å². The van der Waals surface area contributed by atoms with Crippen molar-refractivity contribution in [3.8, 4) is 5.82 Å². The lowest BCUT2D eigenvalue weighted by Crippen LogP contribution is -2.41. The van der Waals surface area contributed by atoms with Crippen LogP contribution in [0.25, 0.3) is 5.82 Å². The van der Waals surface area contributed by atoms with Crippen LogP contribution in [0.4, 0.5) is 0 Å². The number of piperidine rings is 1. The van der Waals surface area contributed by atoms with Crippen molar-refractivity contribution < 1.29 is 4.79 Å². The molecule has 0 aromatic carbocycles. The zero-order valence-corrected chi connectivity index (χ0v) is 13.6. The summed E-state index contributed by atoms with van der Waals surface area (Å²) in [5.74, 6) is 1.25. The molecule has 2 aromatic heterocycles. The van der Waals surface area contributed by atoms with Gasteiger partial charge in [0.15, 0.2) is 5.82 Å². The maximum Gasteiger partial charge on any atom is 0.236 e. The minimum absolute atomic E-state index is 0.139. The molecule has 122 valence electrons. The van der Waals surface area contributed by atoms with Gasteiger partial charge in [0.2, 0.25) is 5.91 Å². The molecule has 1 atom stereocenters. The zero-order chi connectivity index (χ0) is 16.2. The quantitative estimate of drug-likeness (QED) is 0.840. The maximum absolute atomic E-state index is 12.0. The molecule has 0 saturated carbocycles. The predicted molar refractivity (Wildman–Crippen MR) is 86.3 cm³/mol. The van der Waals surface area contributed by atoms with E-state index in [9.17, 15) is 4.79 Å². The summed E-state index contributed by atoms with van der Waals surface area (Å²) in [6.07, 6.45) is 10.9. The minimum Gasteiger partial charge on any atom is -0.348 e. The lowest BCUT2D eigenvalue weighted by atomic mass is 9.94. The highest BCUT2D eigenvalue weighted by atomic mass is 16.2. The first-order valence-electron chi connectivity index (χ1n) is 7.87. The molecule has 23 heavy (non-hydrogen) atoms. The number of imidazole rings is 1. The molecule has 1 unspecified atom stereocenters. The van der Waals surface area contributed by atoms with E-state index in [1.807, 2.05) is 10.8 Å². The normalized spacial score (nSPS) is 18.8. The number of carbonyl (C=O) groups excluding carboxylic acids is 1. The van der Waals surface area contributed by atoms with E-state index in [4.69, 9.17) is 0 Å². The Morgan fingerprint density at radius 2 is 2.13 bits per heavy atom. The standard InChI is InChI=1S/C16H22N6O/c1-20(2)14(23)11-21-8-3-4-13(10-21)15-16(19-6-5-18-15)22-9-7-17-12-22/h5-7,9,12-13H,3-4,8,10-11H2,1-2H3. The first kappa shape index (κ1) is 15.6. The highest BCUT2D eigenvalue weighted by molar-refractivity contribution is 5.77. The monoisotopic (exact) mass is 314 g/mol. The Kier molecular flexibility index (Phi) is 4.66. The summed E-state index contributed by atoms with van der Waals surface area (Å²) in [6.45, 7) is 2.25. The van der Waals surface area contributed by atoms with Crippen molar-refractivity contribution in [1.29, 1.82) is 0 Å². The predicted octanol–water partition coefficient (Wildman–Crippen LogP) is 0.930. The van der Waals surface area contributed by atoms with Gasteiger partial charge in [0, 0.05) is 51.3 Å². The molecule has 0 radical (unpaired) electrons. The highest BCUT2D eigenvalue weighted by Gasteiger charge is 2.26. The second-order valence-corrected chi connectivity index (χ2v) is 6.10. The van der Waals surface area contributed by atoms with Gasteiger partial charge in [0.25, 0.3) is 0 Å². The Labute approximate surface area is 136 Å². The first-order chi connectivity index (χ1) is 11.1. The molecule has 0 bridgehead atoms. The third-order valence-corrected chi connectivity index (χ3v) is 4.21. The number of nitrogens with zero attached hydrogens (tertiary/aromatic N) is 6. The fraction of sp³-hybridized carbons (Fsp3) is 0.500. The van der Waals surface area contributed by atoms with Crippen LogP contribution in [0.5, 0.6) is 0 Å². The van der Waals surface area contributed by atoms with E-state index in [1.165, 1.54) is 0 Å². The number of likely N-dealkylation sites (N-methyl/N-ethyl adjacent to an activating group) is 1. The third-order valence-electron chi connectivity index (χ3n) is 4.21. The molecule has 0 N–H and O–H groups in total. The lowest BCUT2D eigenvalue weighted by molar-refractivity contribution is -0.130. The highest BCUT2D eigenvalue weighted by Crippen LogP contribution is 2.28. The van der Waals surface area contributed by atoms with Crippen LogP contribution >= 0.6 is 0 Å². The Morgan fingerprint density at radius 3 is 2.87 bits per heavy atom. The Hall–Kier alpha value is -2.28. The van der Waals surface area contributed by atoms with E-state index in [1.54, 1.807) is 43.9 Å². The van der Waals surface area contributed by atoms with Crippen LogP contribution in [0.15, 0.2) is 31.1 Å².